The van der Waals surface area contributed by atoms with Crippen LogP contribution in [0.1, 0.15) is 6.42 Å². The van der Waals surface area contributed by atoms with Gasteiger partial charge in [-0.2, -0.15) is 0 Å². The molecule has 0 bridgehead atoms. The van der Waals surface area contributed by atoms with Crippen LogP contribution in [0.5, 0.6) is 0 Å². The zero-order valence-corrected chi connectivity index (χ0v) is 16.1. The summed E-state index contributed by atoms with van der Waals surface area (Å²) in [5, 5.41) is 0. The highest BCUT2D eigenvalue weighted by molar-refractivity contribution is 6.82. The molecule has 0 aromatic carbocycles. The van der Waals surface area contributed by atoms with Crippen LogP contribution in [0.15, 0.2) is 63.3 Å². The second-order valence-corrected chi connectivity index (χ2v) is 16.3. The van der Waals surface area contributed by atoms with Gasteiger partial charge in [-0.1, -0.05) is 55.4 Å². The normalized spacial score (nSPS) is 11.7. The van der Waals surface area contributed by atoms with Crippen molar-refractivity contribution < 1.29 is 0 Å². The fourth-order valence-corrected chi connectivity index (χ4v) is 10.6. The van der Waals surface area contributed by atoms with Crippen LogP contribution in [0.2, 0.25) is 48.9 Å². The molecule has 0 aromatic heterocycles. The smallest absolute Gasteiger partial charge is 0.0647 e. The maximum absolute atomic E-state index is 3.97. The Morgan fingerprint density at radius 1 is 0.619 bits per heavy atom. The van der Waals surface area contributed by atoms with Crippen molar-refractivity contribution in [1.29, 1.82) is 0 Å². The summed E-state index contributed by atoms with van der Waals surface area (Å²) in [5.74, 6) is 0. The van der Waals surface area contributed by atoms with Gasteiger partial charge in [-0.25, -0.2) is 0 Å². The lowest BCUT2D eigenvalue weighted by atomic mass is 10.6. The van der Waals surface area contributed by atoms with Crippen LogP contribution in [0.4, 0.5) is 0 Å². The van der Waals surface area contributed by atoms with E-state index in [2.05, 4.69) is 69.8 Å². The molecule has 0 aromatic rings. The minimum atomic E-state index is -1.32. The molecule has 0 spiro atoms. The van der Waals surface area contributed by atoms with Crippen molar-refractivity contribution in [3.8, 4) is 0 Å². The third-order valence-electron chi connectivity index (χ3n) is 4.49. The molecule has 0 aliphatic carbocycles. The maximum Gasteiger partial charge on any atom is 0.0647 e. The van der Waals surface area contributed by atoms with Gasteiger partial charge in [0, 0.05) is 0 Å². The van der Waals surface area contributed by atoms with Crippen LogP contribution in [-0.2, 0) is 0 Å². The Morgan fingerprint density at radius 3 is 1.33 bits per heavy atom. The van der Waals surface area contributed by atoms with Gasteiger partial charge in [0.1, 0.15) is 0 Å². The van der Waals surface area contributed by atoms with E-state index in [9.17, 15) is 0 Å². The summed E-state index contributed by atoms with van der Waals surface area (Å²) in [7, 11) is -2.53. The van der Waals surface area contributed by atoms with Gasteiger partial charge in [-0.05, 0) is 30.2 Å². The van der Waals surface area contributed by atoms with E-state index in [0.717, 1.165) is 0 Å². The zero-order valence-electron chi connectivity index (χ0n) is 14.1. The highest BCUT2D eigenvalue weighted by Crippen LogP contribution is 2.32. The van der Waals surface area contributed by atoms with Gasteiger partial charge in [-0.3, -0.25) is 0 Å². The Morgan fingerprint density at radius 2 is 1.00 bits per heavy atom. The first kappa shape index (κ1) is 20.1. The molecule has 0 atom stereocenters. The number of rotatable bonds is 14. The number of hydrogen-bond acceptors (Lipinski definition) is 0. The van der Waals surface area contributed by atoms with Crippen molar-refractivity contribution in [2.45, 2.75) is 55.3 Å². The van der Waals surface area contributed by atoms with Crippen LogP contribution < -0.4 is 0 Å². The predicted octanol–water partition coefficient (Wildman–Crippen LogP) is 6.83. The molecule has 0 rings (SSSR count). The summed E-state index contributed by atoms with van der Waals surface area (Å²) in [4.78, 5) is 0. The Balaban J connectivity index is 4.74. The van der Waals surface area contributed by atoms with E-state index in [0.29, 0.717) is 0 Å². The fraction of sp³-hybridized carbons (Fsp3) is 0.474. The van der Waals surface area contributed by atoms with Crippen molar-refractivity contribution in [3.05, 3.63) is 63.3 Å². The van der Waals surface area contributed by atoms with Gasteiger partial charge in [0.15, 0.2) is 0 Å². The summed E-state index contributed by atoms with van der Waals surface area (Å²) in [6.07, 6.45) is 11.9. The molecule has 21 heavy (non-hydrogen) atoms. The first-order valence-electron chi connectivity index (χ1n) is 8.06. The molecular weight excluding hydrogens is 284 g/mol. The summed E-state index contributed by atoms with van der Waals surface area (Å²) in [6.45, 7) is 22.3. The van der Waals surface area contributed by atoms with Gasteiger partial charge >= 0.3 is 0 Å². The average Bonchev–Trinajstić information content (AvgIpc) is 2.40. The highest BCUT2D eigenvalue weighted by Gasteiger charge is 2.30. The molecule has 0 amide bonds. The Bertz CT molecular complexity index is 318. The second-order valence-electron chi connectivity index (χ2n) is 6.63. The summed E-state index contributed by atoms with van der Waals surface area (Å²) in [5.41, 5.74) is 0. The molecule has 2 heteroatoms. The summed E-state index contributed by atoms with van der Waals surface area (Å²) in [6, 6.07) is 8.72. The highest BCUT2D eigenvalue weighted by atomic mass is 28.3. The lowest BCUT2D eigenvalue weighted by molar-refractivity contribution is 0.983. The third kappa shape index (κ3) is 7.63. The van der Waals surface area contributed by atoms with Gasteiger partial charge in [0.05, 0.1) is 16.1 Å². The number of hydrogen-bond donors (Lipinski definition) is 0. The molecule has 0 aliphatic heterocycles. The first-order chi connectivity index (χ1) is 10.0. The Hall–Kier alpha value is -0.866. The Kier molecular flexibility index (Phi) is 10.4. The minimum Gasteiger partial charge on any atom is -0.103 e. The second kappa shape index (κ2) is 10.8. The number of allylic oxidation sites excluding steroid dienone is 5. The molecule has 0 unspecified atom stereocenters. The summed E-state index contributed by atoms with van der Waals surface area (Å²) < 4.78 is 0. The molecule has 0 radical (unpaired) electrons. The van der Waals surface area contributed by atoms with Gasteiger partial charge in [0.2, 0.25) is 0 Å². The molecule has 0 nitrogen and oxygen atoms in total. The molecule has 0 heterocycles. The van der Waals surface area contributed by atoms with Crippen molar-refractivity contribution in [3.63, 3.8) is 0 Å². The predicted molar refractivity (Wildman–Crippen MR) is 107 cm³/mol. The fourth-order valence-electron chi connectivity index (χ4n) is 3.35. The van der Waals surface area contributed by atoms with Crippen LogP contribution >= 0.6 is 0 Å². The minimum absolute atomic E-state index is 1.19. The van der Waals surface area contributed by atoms with E-state index in [1.807, 2.05) is 0 Å². The van der Waals surface area contributed by atoms with Crippen molar-refractivity contribution >= 4 is 16.1 Å². The van der Waals surface area contributed by atoms with Crippen molar-refractivity contribution in [2.75, 3.05) is 0 Å². The van der Waals surface area contributed by atoms with Crippen LogP contribution in [0, 0.1) is 0 Å². The maximum atomic E-state index is 3.97. The van der Waals surface area contributed by atoms with Crippen molar-refractivity contribution in [1.82, 2.24) is 0 Å². The van der Waals surface area contributed by atoms with Crippen LogP contribution in [0.25, 0.3) is 0 Å². The zero-order chi connectivity index (χ0) is 16.2. The lowest BCUT2D eigenvalue weighted by Gasteiger charge is -2.31. The van der Waals surface area contributed by atoms with E-state index in [4.69, 9.17) is 0 Å². The summed E-state index contributed by atoms with van der Waals surface area (Å²) >= 11 is 0. The van der Waals surface area contributed by atoms with E-state index in [1.54, 1.807) is 0 Å². The first-order valence-corrected chi connectivity index (χ1v) is 14.0. The molecule has 0 N–H and O–H groups in total. The monoisotopic (exact) mass is 318 g/mol. The SMILES string of the molecule is C=CC[Si](C)(CC=C)CCC[Si](CC=C)(CC=C)CC=C. The van der Waals surface area contributed by atoms with Crippen LogP contribution in [-0.4, -0.2) is 16.1 Å². The van der Waals surface area contributed by atoms with Gasteiger partial charge in [-0.15, -0.1) is 32.9 Å². The Labute approximate surface area is 135 Å². The van der Waals surface area contributed by atoms with E-state index in [1.165, 1.54) is 48.7 Å². The van der Waals surface area contributed by atoms with Crippen LogP contribution in [0.3, 0.4) is 0 Å². The molecule has 0 aliphatic rings. The molecule has 0 fully saturated rings. The molecule has 0 saturated heterocycles. The van der Waals surface area contributed by atoms with Gasteiger partial charge in [0.25, 0.3) is 0 Å². The van der Waals surface area contributed by atoms with Gasteiger partial charge < -0.3 is 0 Å². The molecule has 118 valence electrons. The molecular formula is C19H34Si2. The van der Waals surface area contributed by atoms with E-state index >= 15 is 0 Å². The third-order valence-corrected chi connectivity index (χ3v) is 13.5. The van der Waals surface area contributed by atoms with E-state index in [-0.39, 0.29) is 0 Å². The quantitative estimate of drug-likeness (QED) is 0.243. The standard InChI is InChI=1S/C19H34Si2/c1-7-13-20(6,14-8-2)18-12-19-21(15-9-3,16-10-4)17-11-5/h7-11H,1-5,12-19H2,6H3. The topological polar surface area (TPSA) is 0 Å². The van der Waals surface area contributed by atoms with Crippen molar-refractivity contribution in [2.24, 2.45) is 0 Å². The molecule has 0 saturated carbocycles. The average molecular weight is 319 g/mol. The van der Waals surface area contributed by atoms with E-state index < -0.39 is 16.1 Å². The lowest BCUT2D eigenvalue weighted by Crippen LogP contribution is -2.34. The largest absolute Gasteiger partial charge is 0.103 e.